The van der Waals surface area contributed by atoms with E-state index in [1.54, 1.807) is 0 Å². The van der Waals surface area contributed by atoms with Crippen molar-refractivity contribution in [2.75, 3.05) is 16.4 Å². The molecule has 0 aliphatic heterocycles. The van der Waals surface area contributed by atoms with Crippen LogP contribution in [0.15, 0.2) is 18.2 Å². The van der Waals surface area contributed by atoms with Gasteiger partial charge in [-0.05, 0) is 38.3 Å². The maximum atomic E-state index is 12.3. The van der Waals surface area contributed by atoms with Gasteiger partial charge in [-0.3, -0.25) is 4.79 Å². The van der Waals surface area contributed by atoms with Crippen molar-refractivity contribution in [3.8, 4) is 0 Å². The van der Waals surface area contributed by atoms with Crippen molar-refractivity contribution in [3.63, 3.8) is 0 Å². The van der Waals surface area contributed by atoms with Crippen LogP contribution in [0.1, 0.15) is 33.6 Å². The molecule has 1 heterocycles. The minimum atomic E-state index is -0.208. The summed E-state index contributed by atoms with van der Waals surface area (Å²) in [5, 5.41) is 6.89. The molecule has 1 aliphatic carbocycles. The van der Waals surface area contributed by atoms with Gasteiger partial charge in [0, 0.05) is 11.7 Å². The normalized spacial score (nSPS) is 14.0. The van der Waals surface area contributed by atoms with E-state index >= 15 is 0 Å². The second-order valence-electron chi connectivity index (χ2n) is 5.42. The van der Waals surface area contributed by atoms with Crippen LogP contribution in [-0.2, 0) is 0 Å². The third kappa shape index (κ3) is 3.16. The van der Waals surface area contributed by atoms with Gasteiger partial charge in [-0.25, -0.2) is 4.98 Å². The first-order valence-electron chi connectivity index (χ1n) is 6.94. The third-order valence-corrected chi connectivity index (χ3v) is 4.40. The molecule has 6 heteroatoms. The number of benzene rings is 1. The molecule has 1 aromatic carbocycles. The quantitative estimate of drug-likeness (QED) is 0.810. The van der Waals surface area contributed by atoms with Crippen LogP contribution in [-0.4, -0.2) is 16.9 Å². The number of nitrogens with zero attached hydrogens (tertiary/aromatic N) is 1. The zero-order valence-corrected chi connectivity index (χ0v) is 12.9. The van der Waals surface area contributed by atoms with E-state index in [1.807, 2.05) is 32.0 Å². The number of nitrogen functional groups attached to an aromatic ring is 1. The van der Waals surface area contributed by atoms with Gasteiger partial charge >= 0.3 is 0 Å². The van der Waals surface area contributed by atoms with Gasteiger partial charge in [0.25, 0.3) is 5.91 Å². The lowest BCUT2D eigenvalue weighted by atomic mass is 10.1. The lowest BCUT2D eigenvalue weighted by Gasteiger charge is -2.08. The summed E-state index contributed by atoms with van der Waals surface area (Å²) in [6, 6.07) is 6.40. The van der Waals surface area contributed by atoms with E-state index in [4.69, 9.17) is 5.73 Å². The number of carbonyl (C=O) groups is 1. The smallest absolute Gasteiger partial charge is 0.269 e. The molecule has 1 saturated carbocycles. The highest BCUT2D eigenvalue weighted by atomic mass is 32.1. The number of hydrogen-bond acceptors (Lipinski definition) is 5. The van der Waals surface area contributed by atoms with E-state index in [0.29, 0.717) is 10.9 Å². The van der Waals surface area contributed by atoms with Crippen molar-refractivity contribution in [2.24, 2.45) is 0 Å². The van der Waals surface area contributed by atoms with Crippen LogP contribution in [0.4, 0.5) is 16.6 Å². The Morgan fingerprint density at radius 2 is 2.14 bits per heavy atom. The minimum absolute atomic E-state index is 0.208. The van der Waals surface area contributed by atoms with E-state index < -0.39 is 0 Å². The molecule has 0 atom stereocenters. The Bertz CT molecular complexity index is 691. The number of anilines is 3. The standard InChI is InChI=1S/C15H18N4OS/c1-8-3-6-11(9(2)7-8)18-14(20)12-13(16)19-15(21-12)17-10-4-5-10/h3,6-7,10H,4-5,16H2,1-2H3,(H,17,19)(H,18,20). The first kappa shape index (κ1) is 13.9. The van der Waals surface area contributed by atoms with Crippen LogP contribution in [0, 0.1) is 13.8 Å². The first-order valence-corrected chi connectivity index (χ1v) is 7.76. The van der Waals surface area contributed by atoms with Gasteiger partial charge in [0.1, 0.15) is 10.7 Å². The van der Waals surface area contributed by atoms with Gasteiger partial charge in [0.2, 0.25) is 0 Å². The maximum Gasteiger partial charge on any atom is 0.269 e. The number of aryl methyl sites for hydroxylation is 2. The summed E-state index contributed by atoms with van der Waals surface area (Å²) in [6.45, 7) is 3.99. The molecular formula is C15H18N4OS. The van der Waals surface area contributed by atoms with Gasteiger partial charge in [-0.15, -0.1) is 0 Å². The van der Waals surface area contributed by atoms with Gasteiger partial charge in [-0.1, -0.05) is 29.0 Å². The van der Waals surface area contributed by atoms with E-state index in [0.717, 1.165) is 29.2 Å². The Morgan fingerprint density at radius 1 is 1.38 bits per heavy atom. The molecule has 1 amide bonds. The van der Waals surface area contributed by atoms with Crippen molar-refractivity contribution >= 4 is 33.9 Å². The fourth-order valence-corrected chi connectivity index (χ4v) is 2.95. The zero-order chi connectivity index (χ0) is 15.0. The molecule has 1 fully saturated rings. The van der Waals surface area contributed by atoms with E-state index in [9.17, 15) is 4.79 Å². The number of nitrogens with one attached hydrogen (secondary N) is 2. The van der Waals surface area contributed by atoms with Crippen molar-refractivity contribution in [2.45, 2.75) is 32.7 Å². The molecule has 0 saturated heterocycles. The molecule has 1 aromatic heterocycles. The second kappa shape index (κ2) is 5.37. The average molecular weight is 302 g/mol. The maximum absolute atomic E-state index is 12.3. The number of hydrogen-bond donors (Lipinski definition) is 3. The van der Waals surface area contributed by atoms with Gasteiger partial charge < -0.3 is 16.4 Å². The fourth-order valence-electron chi connectivity index (χ4n) is 2.09. The van der Waals surface area contributed by atoms with Gasteiger partial charge in [0.05, 0.1) is 0 Å². The summed E-state index contributed by atoms with van der Waals surface area (Å²) in [7, 11) is 0. The molecule has 0 radical (unpaired) electrons. The number of aromatic nitrogens is 1. The van der Waals surface area contributed by atoms with E-state index in [2.05, 4.69) is 15.6 Å². The summed E-state index contributed by atoms with van der Waals surface area (Å²) in [4.78, 5) is 17.0. The molecular weight excluding hydrogens is 284 g/mol. The summed E-state index contributed by atoms with van der Waals surface area (Å²) in [5.41, 5.74) is 8.85. The summed E-state index contributed by atoms with van der Waals surface area (Å²) < 4.78 is 0. The monoisotopic (exact) mass is 302 g/mol. The highest BCUT2D eigenvalue weighted by molar-refractivity contribution is 7.18. The van der Waals surface area contributed by atoms with Crippen LogP contribution in [0.5, 0.6) is 0 Å². The Balaban J connectivity index is 1.76. The van der Waals surface area contributed by atoms with E-state index in [1.165, 1.54) is 16.9 Å². The van der Waals surface area contributed by atoms with Crippen molar-refractivity contribution in [3.05, 3.63) is 34.2 Å². The Morgan fingerprint density at radius 3 is 2.81 bits per heavy atom. The van der Waals surface area contributed by atoms with Crippen LogP contribution in [0.3, 0.4) is 0 Å². The van der Waals surface area contributed by atoms with Gasteiger partial charge in [-0.2, -0.15) is 0 Å². The molecule has 3 rings (SSSR count). The topological polar surface area (TPSA) is 80.0 Å². The Kier molecular flexibility index (Phi) is 3.55. The molecule has 21 heavy (non-hydrogen) atoms. The lowest BCUT2D eigenvalue weighted by Crippen LogP contribution is -2.13. The SMILES string of the molecule is Cc1ccc(NC(=O)c2sc(NC3CC3)nc2N)c(C)c1. The van der Waals surface area contributed by atoms with Crippen LogP contribution < -0.4 is 16.4 Å². The minimum Gasteiger partial charge on any atom is -0.382 e. The highest BCUT2D eigenvalue weighted by Crippen LogP contribution is 2.31. The fraction of sp³-hybridized carbons (Fsp3) is 0.333. The van der Waals surface area contributed by atoms with Gasteiger partial charge in [0.15, 0.2) is 5.13 Å². The largest absolute Gasteiger partial charge is 0.382 e. The predicted octanol–water partition coefficient (Wildman–Crippen LogP) is 3.17. The summed E-state index contributed by atoms with van der Waals surface area (Å²) in [5.74, 6) is 0.0752. The molecule has 5 nitrogen and oxygen atoms in total. The third-order valence-electron chi connectivity index (χ3n) is 3.39. The van der Waals surface area contributed by atoms with Crippen LogP contribution >= 0.6 is 11.3 Å². The van der Waals surface area contributed by atoms with Crippen molar-refractivity contribution in [1.29, 1.82) is 0 Å². The summed E-state index contributed by atoms with van der Waals surface area (Å²) >= 11 is 1.30. The second-order valence-corrected chi connectivity index (χ2v) is 6.42. The first-order chi connectivity index (χ1) is 10.0. The summed E-state index contributed by atoms with van der Waals surface area (Å²) in [6.07, 6.45) is 2.31. The Labute approximate surface area is 127 Å². The highest BCUT2D eigenvalue weighted by Gasteiger charge is 2.24. The molecule has 4 N–H and O–H groups in total. The molecule has 2 aromatic rings. The number of amides is 1. The average Bonchev–Trinajstić information content (AvgIpc) is 3.15. The van der Waals surface area contributed by atoms with Crippen LogP contribution in [0.2, 0.25) is 0 Å². The number of thiazole rings is 1. The predicted molar refractivity (Wildman–Crippen MR) is 87.0 cm³/mol. The number of rotatable bonds is 4. The molecule has 1 aliphatic rings. The zero-order valence-electron chi connectivity index (χ0n) is 12.1. The molecule has 110 valence electrons. The molecule has 0 bridgehead atoms. The van der Waals surface area contributed by atoms with Crippen LogP contribution in [0.25, 0.3) is 0 Å². The van der Waals surface area contributed by atoms with Crippen molar-refractivity contribution in [1.82, 2.24) is 4.98 Å². The number of nitrogens with two attached hydrogens (primary N) is 1. The van der Waals surface area contributed by atoms with Crippen molar-refractivity contribution < 1.29 is 4.79 Å². The van der Waals surface area contributed by atoms with E-state index in [-0.39, 0.29) is 11.7 Å². The lowest BCUT2D eigenvalue weighted by molar-refractivity contribution is 0.103. The Hall–Kier alpha value is -2.08. The number of carbonyl (C=O) groups excluding carboxylic acids is 1. The molecule has 0 spiro atoms. The molecule has 0 unspecified atom stereocenters.